The SMILES string of the molecule is CCCCCCC/C=C\C/C=C\C/C=C\CCCCCCCCCCCCC(=O)OCC(COC(=O)CCCCCCCCCCCCC)OC(=O)CCCCCCCCCCCC/C=C\C/C=C\C/C=C\CCCCCCC. The van der Waals surface area contributed by atoms with E-state index in [1.165, 1.54) is 231 Å². The molecule has 0 spiro atoms. The van der Waals surface area contributed by atoms with E-state index in [1.54, 1.807) is 0 Å². The van der Waals surface area contributed by atoms with Crippen molar-refractivity contribution in [1.82, 2.24) is 0 Å². The molecule has 1 atom stereocenters. The minimum absolute atomic E-state index is 0.0749. The molecule has 1 unspecified atom stereocenters. The van der Waals surface area contributed by atoms with E-state index in [4.69, 9.17) is 14.2 Å². The number of unbranched alkanes of at least 4 members (excludes halogenated alkanes) is 40. The van der Waals surface area contributed by atoms with Gasteiger partial charge in [0.15, 0.2) is 6.10 Å². The Kier molecular flexibility index (Phi) is 64.7. The van der Waals surface area contributed by atoms with Crippen LogP contribution >= 0.6 is 0 Å². The van der Waals surface area contributed by atoms with Crippen molar-refractivity contribution in [2.45, 2.75) is 361 Å². The summed E-state index contributed by atoms with van der Waals surface area (Å²) in [5, 5.41) is 0. The number of hydrogen-bond acceptors (Lipinski definition) is 6. The van der Waals surface area contributed by atoms with Crippen LogP contribution in [0.3, 0.4) is 0 Å². The summed E-state index contributed by atoms with van der Waals surface area (Å²) in [6, 6.07) is 0. The van der Waals surface area contributed by atoms with E-state index < -0.39 is 6.10 Å². The van der Waals surface area contributed by atoms with Crippen molar-refractivity contribution in [3.05, 3.63) is 72.9 Å². The molecule has 0 fully saturated rings. The highest BCUT2D eigenvalue weighted by molar-refractivity contribution is 5.71. The van der Waals surface area contributed by atoms with Crippen LogP contribution in [0.1, 0.15) is 355 Å². The maximum absolute atomic E-state index is 12.9. The predicted octanol–water partition coefficient (Wildman–Crippen LogP) is 23.7. The van der Waals surface area contributed by atoms with Crippen LogP contribution in [-0.2, 0) is 28.6 Å². The lowest BCUT2D eigenvalue weighted by molar-refractivity contribution is -0.167. The molecule has 458 valence electrons. The molecular formula is C73H130O6. The standard InChI is InChI=1S/C73H130O6/c1-4-7-10-13-16-19-22-24-26-28-30-32-34-36-38-40-42-44-46-48-51-54-57-60-63-66-72(75)78-69-70(68-77-71(74)65-62-59-56-53-50-21-18-15-12-9-6-3)79-73(76)67-64-61-58-55-52-49-47-45-43-41-39-37-35-33-31-29-27-25-23-20-17-14-11-8-5-2/h22-25,28-31,34-37,70H,4-21,26-27,32-33,38-69H2,1-3H3/b24-22-,25-23-,30-28-,31-29-,36-34-,37-35-. The summed E-state index contributed by atoms with van der Waals surface area (Å²) in [4.78, 5) is 38.3. The lowest BCUT2D eigenvalue weighted by atomic mass is 10.0. The Morgan fingerprint density at radius 3 is 0.709 bits per heavy atom. The van der Waals surface area contributed by atoms with Crippen molar-refractivity contribution in [1.29, 1.82) is 0 Å². The van der Waals surface area contributed by atoms with Gasteiger partial charge in [0.25, 0.3) is 0 Å². The van der Waals surface area contributed by atoms with Crippen LogP contribution in [0.2, 0.25) is 0 Å². The zero-order valence-corrected chi connectivity index (χ0v) is 52.6. The molecule has 0 aromatic rings. The van der Waals surface area contributed by atoms with E-state index in [0.717, 1.165) is 83.5 Å². The van der Waals surface area contributed by atoms with Crippen LogP contribution in [0.15, 0.2) is 72.9 Å². The van der Waals surface area contributed by atoms with Crippen LogP contribution in [0, 0.1) is 0 Å². The molecule has 79 heavy (non-hydrogen) atoms. The van der Waals surface area contributed by atoms with Crippen molar-refractivity contribution in [2.75, 3.05) is 13.2 Å². The van der Waals surface area contributed by atoms with Crippen molar-refractivity contribution in [3.8, 4) is 0 Å². The zero-order chi connectivity index (χ0) is 57.1. The minimum Gasteiger partial charge on any atom is -0.462 e. The van der Waals surface area contributed by atoms with E-state index in [9.17, 15) is 14.4 Å². The Morgan fingerprint density at radius 1 is 0.253 bits per heavy atom. The first kappa shape index (κ1) is 75.8. The Morgan fingerprint density at radius 2 is 0.456 bits per heavy atom. The second-order valence-corrected chi connectivity index (χ2v) is 23.1. The monoisotopic (exact) mass is 1100 g/mol. The number of ether oxygens (including phenoxy) is 3. The quantitative estimate of drug-likeness (QED) is 0.0261. The van der Waals surface area contributed by atoms with Gasteiger partial charge in [-0.1, -0.05) is 312 Å². The molecule has 6 nitrogen and oxygen atoms in total. The number of carbonyl (C=O) groups is 3. The molecule has 0 bridgehead atoms. The Hall–Kier alpha value is -3.15. The normalized spacial score (nSPS) is 12.5. The molecule has 0 amide bonds. The van der Waals surface area contributed by atoms with E-state index in [0.29, 0.717) is 19.3 Å². The lowest BCUT2D eigenvalue weighted by Gasteiger charge is -2.18. The summed E-state index contributed by atoms with van der Waals surface area (Å²) >= 11 is 0. The second kappa shape index (κ2) is 67.4. The zero-order valence-electron chi connectivity index (χ0n) is 52.6. The highest BCUT2D eigenvalue weighted by atomic mass is 16.6. The average molecular weight is 1100 g/mol. The third-order valence-corrected chi connectivity index (χ3v) is 15.2. The van der Waals surface area contributed by atoms with Crippen molar-refractivity contribution in [3.63, 3.8) is 0 Å². The smallest absolute Gasteiger partial charge is 0.306 e. The molecule has 0 aliphatic carbocycles. The third kappa shape index (κ3) is 65.5. The van der Waals surface area contributed by atoms with Crippen LogP contribution in [0.4, 0.5) is 0 Å². The van der Waals surface area contributed by atoms with Gasteiger partial charge in [-0.2, -0.15) is 0 Å². The maximum Gasteiger partial charge on any atom is 0.306 e. The van der Waals surface area contributed by atoms with Gasteiger partial charge in [-0.05, 0) is 96.3 Å². The Balaban J connectivity index is 4.26. The van der Waals surface area contributed by atoms with E-state index >= 15 is 0 Å². The fraction of sp³-hybridized carbons (Fsp3) is 0.795. The number of allylic oxidation sites excluding steroid dienone is 12. The maximum atomic E-state index is 12.9. The summed E-state index contributed by atoms with van der Waals surface area (Å²) in [5.74, 6) is -0.866. The number of carbonyl (C=O) groups excluding carboxylic acids is 3. The van der Waals surface area contributed by atoms with Crippen molar-refractivity contribution in [2.24, 2.45) is 0 Å². The first-order valence-corrected chi connectivity index (χ1v) is 34.4. The van der Waals surface area contributed by atoms with E-state index in [1.807, 2.05) is 0 Å². The first-order valence-electron chi connectivity index (χ1n) is 34.4. The van der Waals surface area contributed by atoms with Gasteiger partial charge in [0, 0.05) is 19.3 Å². The number of hydrogen-bond donors (Lipinski definition) is 0. The van der Waals surface area contributed by atoms with Gasteiger partial charge in [0.2, 0.25) is 0 Å². The molecule has 0 rings (SSSR count). The van der Waals surface area contributed by atoms with Gasteiger partial charge in [-0.25, -0.2) is 0 Å². The lowest BCUT2D eigenvalue weighted by Crippen LogP contribution is -2.30. The summed E-state index contributed by atoms with van der Waals surface area (Å²) in [5.41, 5.74) is 0. The number of esters is 3. The van der Waals surface area contributed by atoms with Crippen LogP contribution < -0.4 is 0 Å². The third-order valence-electron chi connectivity index (χ3n) is 15.2. The summed E-state index contributed by atoms with van der Waals surface area (Å²) in [6.07, 6.45) is 87.8. The van der Waals surface area contributed by atoms with Crippen LogP contribution in [0.25, 0.3) is 0 Å². The summed E-state index contributed by atoms with van der Waals surface area (Å²) in [6.45, 7) is 6.65. The van der Waals surface area contributed by atoms with Gasteiger partial charge in [-0.3, -0.25) is 14.4 Å². The molecular weight excluding hydrogens is 973 g/mol. The molecule has 0 saturated carbocycles. The van der Waals surface area contributed by atoms with Crippen LogP contribution in [0.5, 0.6) is 0 Å². The Bertz CT molecular complexity index is 1450. The molecule has 0 radical (unpaired) electrons. The Labute approximate surface area is 491 Å². The number of rotatable bonds is 63. The average Bonchev–Trinajstić information content (AvgIpc) is 3.45. The molecule has 0 aromatic carbocycles. The minimum atomic E-state index is -0.779. The van der Waals surface area contributed by atoms with Crippen molar-refractivity contribution < 1.29 is 28.6 Å². The largest absolute Gasteiger partial charge is 0.462 e. The first-order chi connectivity index (χ1) is 39.0. The molecule has 6 heteroatoms. The van der Waals surface area contributed by atoms with E-state index in [-0.39, 0.29) is 31.1 Å². The van der Waals surface area contributed by atoms with Gasteiger partial charge in [-0.15, -0.1) is 0 Å². The molecule has 0 aliphatic rings. The van der Waals surface area contributed by atoms with Gasteiger partial charge < -0.3 is 14.2 Å². The molecule has 0 aromatic heterocycles. The van der Waals surface area contributed by atoms with Gasteiger partial charge in [0.05, 0.1) is 0 Å². The van der Waals surface area contributed by atoms with Crippen molar-refractivity contribution >= 4 is 17.9 Å². The highest BCUT2D eigenvalue weighted by Crippen LogP contribution is 2.17. The molecule has 0 saturated heterocycles. The predicted molar refractivity (Wildman–Crippen MR) is 344 cm³/mol. The van der Waals surface area contributed by atoms with E-state index in [2.05, 4.69) is 93.7 Å². The molecule has 0 N–H and O–H groups in total. The van der Waals surface area contributed by atoms with Crippen LogP contribution in [-0.4, -0.2) is 37.2 Å². The molecule has 0 heterocycles. The fourth-order valence-electron chi connectivity index (χ4n) is 9.99. The van der Waals surface area contributed by atoms with Gasteiger partial charge >= 0.3 is 17.9 Å². The topological polar surface area (TPSA) is 78.9 Å². The summed E-state index contributed by atoms with van der Waals surface area (Å²) in [7, 11) is 0. The summed E-state index contributed by atoms with van der Waals surface area (Å²) < 4.78 is 17.0. The van der Waals surface area contributed by atoms with Gasteiger partial charge in [0.1, 0.15) is 13.2 Å². The fourth-order valence-corrected chi connectivity index (χ4v) is 9.99. The second-order valence-electron chi connectivity index (χ2n) is 23.1. The molecule has 0 aliphatic heterocycles. The highest BCUT2D eigenvalue weighted by Gasteiger charge is 2.19.